The third-order valence-electron chi connectivity index (χ3n) is 6.52. The number of hydrogen-bond acceptors (Lipinski definition) is 2. The van der Waals surface area contributed by atoms with Gasteiger partial charge in [0.1, 0.15) is 13.1 Å². The number of halogens is 2. The molecule has 0 saturated carbocycles. The maximum absolute atomic E-state index is 4.54. The van der Waals surface area contributed by atoms with E-state index in [4.69, 9.17) is 0 Å². The van der Waals surface area contributed by atoms with Gasteiger partial charge in [0.2, 0.25) is 0 Å². The van der Waals surface area contributed by atoms with Crippen LogP contribution in [-0.2, 0) is 13.1 Å². The molecule has 0 unspecified atom stereocenters. The van der Waals surface area contributed by atoms with E-state index in [-0.39, 0.29) is 48.0 Å². The highest BCUT2D eigenvalue weighted by Gasteiger charge is 2.27. The molecule has 2 aromatic rings. The van der Waals surface area contributed by atoms with Crippen molar-refractivity contribution in [2.24, 2.45) is 10.2 Å². The summed E-state index contributed by atoms with van der Waals surface area (Å²) in [5.74, 6) is 0. The first kappa shape index (κ1) is 25.7. The largest absolute Gasteiger partial charge is 1.00 e. The topological polar surface area (TPSA) is 24.7 Å². The highest BCUT2D eigenvalue weighted by Crippen LogP contribution is 2.26. The molecule has 6 heteroatoms. The average Bonchev–Trinajstić information content (AvgIpc) is 3.29. The number of azo groups is 1. The molecule has 2 aliphatic heterocycles. The van der Waals surface area contributed by atoms with E-state index in [0.717, 1.165) is 33.4 Å². The number of quaternary nitrogens is 2. The number of rotatable bonds is 6. The van der Waals surface area contributed by atoms with Gasteiger partial charge in [-0.1, -0.05) is 24.3 Å². The summed E-state index contributed by atoms with van der Waals surface area (Å²) in [7, 11) is 4.74. The van der Waals surface area contributed by atoms with Crippen LogP contribution in [0.3, 0.4) is 0 Å². The molecule has 0 aromatic heterocycles. The summed E-state index contributed by atoms with van der Waals surface area (Å²) in [5, 5.41) is 9.08. The van der Waals surface area contributed by atoms with Gasteiger partial charge in [0.05, 0.1) is 51.6 Å². The van der Waals surface area contributed by atoms with E-state index in [2.05, 4.69) is 72.9 Å². The van der Waals surface area contributed by atoms with Crippen molar-refractivity contribution in [3.8, 4) is 0 Å². The molecule has 4 rings (SSSR count). The van der Waals surface area contributed by atoms with Crippen LogP contribution in [-0.4, -0.2) is 49.2 Å². The molecule has 0 aliphatic carbocycles. The molecule has 2 aliphatic rings. The molecular weight excluding hydrogens is 598 g/mol. The van der Waals surface area contributed by atoms with Gasteiger partial charge in [-0.25, -0.2) is 0 Å². The zero-order valence-electron chi connectivity index (χ0n) is 18.2. The fourth-order valence-electron chi connectivity index (χ4n) is 4.94. The summed E-state index contributed by atoms with van der Waals surface area (Å²) >= 11 is 0. The smallest absolute Gasteiger partial charge is 0.104 e. The van der Waals surface area contributed by atoms with Crippen molar-refractivity contribution in [2.75, 3.05) is 40.3 Å². The summed E-state index contributed by atoms with van der Waals surface area (Å²) in [4.78, 5) is 0. The lowest BCUT2D eigenvalue weighted by molar-refractivity contribution is -0.910. The fourth-order valence-corrected chi connectivity index (χ4v) is 4.94. The molecule has 2 saturated heterocycles. The Labute approximate surface area is 216 Å². The van der Waals surface area contributed by atoms with Gasteiger partial charge in [-0.3, -0.25) is 0 Å². The number of benzene rings is 2. The van der Waals surface area contributed by atoms with Crippen LogP contribution in [0.1, 0.15) is 36.8 Å². The second-order valence-corrected chi connectivity index (χ2v) is 9.40. The lowest BCUT2D eigenvalue weighted by atomic mass is 10.1. The number of nitrogens with zero attached hydrogens (tertiary/aromatic N) is 4. The monoisotopic (exact) mass is 632 g/mol. The predicted molar refractivity (Wildman–Crippen MR) is 115 cm³/mol. The minimum atomic E-state index is 0. The Bertz CT molecular complexity index is 771. The van der Waals surface area contributed by atoms with Crippen molar-refractivity contribution < 1.29 is 56.9 Å². The normalized spacial score (nSPS) is 19.4. The van der Waals surface area contributed by atoms with E-state index in [1.165, 1.54) is 63.0 Å². The second-order valence-electron chi connectivity index (χ2n) is 9.40. The van der Waals surface area contributed by atoms with Crippen molar-refractivity contribution in [3.63, 3.8) is 0 Å². The number of likely N-dealkylation sites (tertiary alicyclic amines) is 2. The minimum Gasteiger partial charge on any atom is -1.00 e. The highest BCUT2D eigenvalue weighted by molar-refractivity contribution is 5.43. The Morgan fingerprint density at radius 2 is 1.00 bits per heavy atom. The van der Waals surface area contributed by atoms with Crippen LogP contribution in [0.25, 0.3) is 0 Å². The summed E-state index contributed by atoms with van der Waals surface area (Å²) in [6.45, 7) is 7.34. The first-order chi connectivity index (χ1) is 13.5. The van der Waals surface area contributed by atoms with Crippen molar-refractivity contribution in [1.29, 1.82) is 0 Å². The first-order valence-electron chi connectivity index (χ1n) is 10.8. The number of hydrogen-bond donors (Lipinski definition) is 0. The maximum Gasteiger partial charge on any atom is 0.104 e. The third kappa shape index (κ3) is 6.97. The zero-order chi connectivity index (χ0) is 19.5. The van der Waals surface area contributed by atoms with Crippen LogP contribution in [0.5, 0.6) is 0 Å². The summed E-state index contributed by atoms with van der Waals surface area (Å²) in [6, 6.07) is 17.2. The molecule has 0 radical (unpaired) electrons. The minimum absolute atomic E-state index is 0. The predicted octanol–water partition coefficient (Wildman–Crippen LogP) is -0.409. The molecule has 2 aromatic carbocycles. The average molecular weight is 632 g/mol. The van der Waals surface area contributed by atoms with Gasteiger partial charge in [-0.15, -0.1) is 0 Å². The van der Waals surface area contributed by atoms with Crippen molar-refractivity contribution >= 4 is 11.4 Å². The van der Waals surface area contributed by atoms with Crippen LogP contribution in [0.2, 0.25) is 0 Å². The standard InChI is InChI=1S/C24H34N4.2HI/c1-27(13-3-4-14-27)19-21-9-7-11-23(17-21)25-26-24-12-8-10-22(18-24)20-28(2)15-5-6-16-28;;/h7-12,17-18H,3-6,13-16,19-20H2,1-2H3;2*1H/q+2;;/p-2. The van der Waals surface area contributed by atoms with Crippen LogP contribution < -0.4 is 48.0 Å². The van der Waals surface area contributed by atoms with Crippen molar-refractivity contribution in [3.05, 3.63) is 59.7 Å². The van der Waals surface area contributed by atoms with E-state index in [0.29, 0.717) is 0 Å². The van der Waals surface area contributed by atoms with Gasteiger partial charge < -0.3 is 56.9 Å². The van der Waals surface area contributed by atoms with Gasteiger partial charge in [-0.2, -0.15) is 10.2 Å². The Hall–Kier alpha value is -0.580. The van der Waals surface area contributed by atoms with Gasteiger partial charge >= 0.3 is 0 Å². The Balaban J connectivity index is 0.00000160. The summed E-state index contributed by atoms with van der Waals surface area (Å²) < 4.78 is 2.30. The quantitative estimate of drug-likeness (QED) is 0.236. The van der Waals surface area contributed by atoms with E-state index < -0.39 is 0 Å². The molecule has 0 atom stereocenters. The lowest BCUT2D eigenvalue weighted by Gasteiger charge is -2.29. The Morgan fingerprint density at radius 1 is 0.633 bits per heavy atom. The van der Waals surface area contributed by atoms with Crippen molar-refractivity contribution in [2.45, 2.75) is 38.8 Å². The van der Waals surface area contributed by atoms with Crippen LogP contribution in [0.15, 0.2) is 58.8 Å². The molecule has 30 heavy (non-hydrogen) atoms. The SMILES string of the molecule is C[N+]1(Cc2cccc(N=Nc3cccc(C[N+]4(C)CCCC4)c3)c2)CCCC1.[I-].[I-]. The highest BCUT2D eigenvalue weighted by atomic mass is 127. The van der Waals surface area contributed by atoms with Gasteiger partial charge in [0, 0.05) is 36.8 Å². The van der Waals surface area contributed by atoms with Crippen LogP contribution in [0, 0.1) is 0 Å². The van der Waals surface area contributed by atoms with Crippen molar-refractivity contribution in [1.82, 2.24) is 0 Å². The van der Waals surface area contributed by atoms with E-state index in [9.17, 15) is 0 Å². The van der Waals surface area contributed by atoms with Gasteiger partial charge in [0.15, 0.2) is 0 Å². The fraction of sp³-hybridized carbons (Fsp3) is 0.500. The van der Waals surface area contributed by atoms with E-state index >= 15 is 0 Å². The molecule has 0 spiro atoms. The Kier molecular flexibility index (Phi) is 9.70. The summed E-state index contributed by atoms with van der Waals surface area (Å²) in [5.41, 5.74) is 4.63. The molecule has 2 fully saturated rings. The molecule has 164 valence electrons. The van der Waals surface area contributed by atoms with E-state index in [1.807, 2.05) is 0 Å². The molecule has 0 bridgehead atoms. The van der Waals surface area contributed by atoms with Gasteiger partial charge in [0.25, 0.3) is 0 Å². The third-order valence-corrected chi connectivity index (χ3v) is 6.52. The molecule has 0 N–H and O–H groups in total. The molecule has 0 amide bonds. The molecular formula is C24H34I2N4. The maximum atomic E-state index is 4.54. The van der Waals surface area contributed by atoms with Crippen LogP contribution >= 0.6 is 0 Å². The first-order valence-corrected chi connectivity index (χ1v) is 10.8. The zero-order valence-corrected chi connectivity index (χ0v) is 22.5. The van der Waals surface area contributed by atoms with E-state index in [1.54, 1.807) is 0 Å². The van der Waals surface area contributed by atoms with Crippen LogP contribution in [0.4, 0.5) is 11.4 Å². The molecule has 2 heterocycles. The molecule has 4 nitrogen and oxygen atoms in total. The second kappa shape index (κ2) is 11.3. The summed E-state index contributed by atoms with van der Waals surface area (Å²) in [6.07, 6.45) is 5.40. The lowest BCUT2D eigenvalue weighted by Crippen LogP contribution is -3.00. The van der Waals surface area contributed by atoms with Gasteiger partial charge in [-0.05, 0) is 24.3 Å². The Morgan fingerprint density at radius 3 is 1.37 bits per heavy atom.